The second kappa shape index (κ2) is 12.9. The van der Waals surface area contributed by atoms with E-state index in [1.165, 1.54) is 36.4 Å². The largest absolute Gasteiger partial charge is 0.490 e. The van der Waals surface area contributed by atoms with Crippen molar-refractivity contribution in [2.45, 2.75) is 13.5 Å². The van der Waals surface area contributed by atoms with Crippen molar-refractivity contribution in [1.82, 2.24) is 4.90 Å². The first kappa shape index (κ1) is 29.0. The zero-order valence-corrected chi connectivity index (χ0v) is 23.9. The van der Waals surface area contributed by atoms with Crippen LogP contribution in [0.3, 0.4) is 0 Å². The number of thioether (sulfide) groups is 1. The van der Waals surface area contributed by atoms with Gasteiger partial charge in [0.2, 0.25) is 5.91 Å². The van der Waals surface area contributed by atoms with Gasteiger partial charge in [-0.2, -0.15) is 0 Å². The molecule has 0 saturated carbocycles. The fourth-order valence-corrected chi connectivity index (χ4v) is 5.31. The van der Waals surface area contributed by atoms with E-state index >= 15 is 0 Å². The molecule has 3 aromatic rings. The standard InChI is InChI=1S/C27H21FIN3O7S/c1-2-38-22-11-17(10-21(29)25(22)39-15-16-5-3-8-20(9-16)32(36)37)12-23-26(34)31(27(35)40-23)14-24(33)30-19-7-4-6-18(28)13-19/h3-13H,2,14-15H2,1H3,(H,30,33)/b23-12+. The van der Waals surface area contributed by atoms with Gasteiger partial charge in [0.15, 0.2) is 11.5 Å². The van der Waals surface area contributed by atoms with Crippen molar-refractivity contribution in [2.75, 3.05) is 18.5 Å². The Balaban J connectivity index is 1.49. The number of imide groups is 1. The Hall–Kier alpha value is -3.98. The van der Waals surface area contributed by atoms with E-state index in [9.17, 15) is 28.9 Å². The van der Waals surface area contributed by atoms with E-state index in [2.05, 4.69) is 5.32 Å². The van der Waals surface area contributed by atoms with Crippen molar-refractivity contribution in [3.05, 3.63) is 96.2 Å². The summed E-state index contributed by atoms with van der Waals surface area (Å²) in [6.45, 7) is 1.66. The highest BCUT2D eigenvalue weighted by Crippen LogP contribution is 2.38. The van der Waals surface area contributed by atoms with Crippen LogP contribution in [-0.2, 0) is 16.2 Å². The highest BCUT2D eigenvalue weighted by molar-refractivity contribution is 14.1. The zero-order valence-electron chi connectivity index (χ0n) is 20.9. The van der Waals surface area contributed by atoms with Gasteiger partial charge in [0.05, 0.1) is 20.0 Å². The van der Waals surface area contributed by atoms with Gasteiger partial charge in [-0.1, -0.05) is 18.2 Å². The minimum absolute atomic E-state index is 0.0448. The van der Waals surface area contributed by atoms with Gasteiger partial charge < -0.3 is 14.8 Å². The highest BCUT2D eigenvalue weighted by Gasteiger charge is 2.36. The summed E-state index contributed by atoms with van der Waals surface area (Å²) in [5.74, 6) is -1.00. The number of nitro groups is 1. The summed E-state index contributed by atoms with van der Waals surface area (Å²) in [7, 11) is 0. The summed E-state index contributed by atoms with van der Waals surface area (Å²) < 4.78 is 25.7. The number of halogens is 2. The van der Waals surface area contributed by atoms with Gasteiger partial charge in [-0.3, -0.25) is 29.4 Å². The van der Waals surface area contributed by atoms with Crippen LogP contribution in [0.2, 0.25) is 0 Å². The molecule has 1 fully saturated rings. The molecule has 1 aliphatic heterocycles. The van der Waals surface area contributed by atoms with E-state index in [0.29, 0.717) is 44.6 Å². The first-order valence-electron chi connectivity index (χ1n) is 11.8. The van der Waals surface area contributed by atoms with E-state index in [1.807, 2.05) is 22.6 Å². The number of carbonyl (C=O) groups excluding carboxylic acids is 3. The molecule has 1 heterocycles. The van der Waals surface area contributed by atoms with Crippen LogP contribution in [-0.4, -0.2) is 40.0 Å². The topological polar surface area (TPSA) is 128 Å². The van der Waals surface area contributed by atoms with Gasteiger partial charge in [0, 0.05) is 17.8 Å². The zero-order chi connectivity index (χ0) is 28.8. The van der Waals surface area contributed by atoms with E-state index in [-0.39, 0.29) is 22.9 Å². The molecule has 3 aromatic carbocycles. The SMILES string of the molecule is CCOc1cc(/C=C2/SC(=O)N(CC(=O)Nc3cccc(F)c3)C2=O)cc(I)c1OCc1cccc([N+](=O)[O-])c1. The number of carbonyl (C=O) groups is 3. The van der Waals surface area contributed by atoms with E-state index in [0.717, 1.165) is 11.0 Å². The first-order chi connectivity index (χ1) is 19.1. The molecule has 0 aliphatic carbocycles. The first-order valence-corrected chi connectivity index (χ1v) is 13.7. The van der Waals surface area contributed by atoms with Crippen molar-refractivity contribution in [3.8, 4) is 11.5 Å². The Morgan fingerprint density at radius 3 is 2.65 bits per heavy atom. The number of anilines is 1. The van der Waals surface area contributed by atoms with E-state index in [4.69, 9.17) is 9.47 Å². The molecule has 206 valence electrons. The molecular formula is C27H21FIN3O7S. The number of nitro benzene ring substituents is 1. The quantitative estimate of drug-likeness (QED) is 0.120. The number of non-ortho nitro benzene ring substituents is 1. The predicted octanol–water partition coefficient (Wildman–Crippen LogP) is 5.99. The maximum absolute atomic E-state index is 13.4. The molecule has 10 nitrogen and oxygen atoms in total. The summed E-state index contributed by atoms with van der Waals surface area (Å²) in [6.07, 6.45) is 1.52. The van der Waals surface area contributed by atoms with E-state index < -0.39 is 34.3 Å². The molecule has 0 aromatic heterocycles. The highest BCUT2D eigenvalue weighted by atomic mass is 127. The van der Waals surface area contributed by atoms with Gasteiger partial charge in [0.25, 0.3) is 16.8 Å². The molecule has 40 heavy (non-hydrogen) atoms. The lowest BCUT2D eigenvalue weighted by Crippen LogP contribution is -2.36. The predicted molar refractivity (Wildman–Crippen MR) is 155 cm³/mol. The third-order valence-corrected chi connectivity index (χ3v) is 7.13. The monoisotopic (exact) mass is 677 g/mol. The van der Waals surface area contributed by atoms with Crippen LogP contribution in [0.1, 0.15) is 18.1 Å². The minimum atomic E-state index is -0.646. The van der Waals surface area contributed by atoms with Gasteiger partial charge in [-0.25, -0.2) is 4.39 Å². The normalized spacial score (nSPS) is 14.0. The number of nitrogens with one attached hydrogen (secondary N) is 1. The number of benzene rings is 3. The Labute approximate surface area is 245 Å². The summed E-state index contributed by atoms with van der Waals surface area (Å²) in [5.41, 5.74) is 1.33. The maximum Gasteiger partial charge on any atom is 0.294 e. The molecule has 0 atom stereocenters. The number of rotatable bonds is 10. The second-order valence-electron chi connectivity index (χ2n) is 8.31. The van der Waals surface area contributed by atoms with Crippen LogP contribution in [0.15, 0.2) is 65.6 Å². The molecular weight excluding hydrogens is 656 g/mol. The summed E-state index contributed by atoms with van der Waals surface area (Å²) in [6, 6.07) is 14.8. The van der Waals surface area contributed by atoms with Crippen LogP contribution in [0.5, 0.6) is 11.5 Å². The van der Waals surface area contributed by atoms with Crippen LogP contribution in [0.25, 0.3) is 6.08 Å². The van der Waals surface area contributed by atoms with Gasteiger partial charge in [-0.15, -0.1) is 0 Å². The summed E-state index contributed by atoms with van der Waals surface area (Å²) in [5, 5.41) is 12.9. The van der Waals surface area contributed by atoms with Crippen molar-refractivity contribution in [1.29, 1.82) is 0 Å². The fourth-order valence-electron chi connectivity index (χ4n) is 3.69. The number of nitrogens with zero attached hydrogens (tertiary/aromatic N) is 2. The summed E-state index contributed by atoms with van der Waals surface area (Å²) >= 11 is 2.75. The lowest BCUT2D eigenvalue weighted by Gasteiger charge is -2.15. The number of hydrogen-bond donors (Lipinski definition) is 1. The average molecular weight is 677 g/mol. The molecule has 0 radical (unpaired) electrons. The molecule has 13 heteroatoms. The van der Waals surface area contributed by atoms with Gasteiger partial charge in [-0.05, 0) is 88.8 Å². The third-order valence-electron chi connectivity index (χ3n) is 5.42. The molecule has 0 bridgehead atoms. The van der Waals surface area contributed by atoms with Gasteiger partial charge >= 0.3 is 0 Å². The molecule has 1 N–H and O–H groups in total. The number of hydrogen-bond acceptors (Lipinski definition) is 8. The molecule has 1 aliphatic rings. The Bertz CT molecular complexity index is 1530. The second-order valence-corrected chi connectivity index (χ2v) is 10.5. The Morgan fingerprint density at radius 1 is 1.15 bits per heavy atom. The number of amides is 3. The maximum atomic E-state index is 13.4. The summed E-state index contributed by atoms with van der Waals surface area (Å²) in [4.78, 5) is 49.3. The third kappa shape index (κ3) is 7.15. The Kier molecular flexibility index (Phi) is 9.37. The van der Waals surface area contributed by atoms with E-state index in [1.54, 1.807) is 31.2 Å². The van der Waals surface area contributed by atoms with Crippen molar-refractivity contribution in [3.63, 3.8) is 0 Å². The average Bonchev–Trinajstić information content (AvgIpc) is 3.15. The van der Waals surface area contributed by atoms with Crippen molar-refractivity contribution >= 4 is 68.9 Å². The Morgan fingerprint density at radius 2 is 1.93 bits per heavy atom. The van der Waals surface area contributed by atoms with Crippen LogP contribution < -0.4 is 14.8 Å². The number of ether oxygens (including phenoxy) is 2. The molecule has 3 amide bonds. The molecule has 0 spiro atoms. The lowest BCUT2D eigenvalue weighted by atomic mass is 10.1. The molecule has 4 rings (SSSR count). The molecule has 0 unspecified atom stereocenters. The van der Waals surface area contributed by atoms with Crippen LogP contribution in [0.4, 0.5) is 20.6 Å². The van der Waals surface area contributed by atoms with Crippen molar-refractivity contribution < 1.29 is 33.2 Å². The van der Waals surface area contributed by atoms with Crippen LogP contribution >= 0.6 is 34.4 Å². The molecule has 1 saturated heterocycles. The lowest BCUT2D eigenvalue weighted by molar-refractivity contribution is -0.384. The fraction of sp³-hybridized carbons (Fsp3) is 0.148. The smallest absolute Gasteiger partial charge is 0.294 e. The minimum Gasteiger partial charge on any atom is -0.490 e. The van der Waals surface area contributed by atoms with Crippen molar-refractivity contribution in [2.24, 2.45) is 0 Å². The van der Waals surface area contributed by atoms with Crippen LogP contribution in [0, 0.1) is 19.5 Å². The van der Waals surface area contributed by atoms with Gasteiger partial charge in [0.1, 0.15) is 19.0 Å².